The van der Waals surface area contributed by atoms with E-state index in [1.807, 2.05) is 12.3 Å². The van der Waals surface area contributed by atoms with Crippen molar-refractivity contribution < 1.29 is 14.3 Å². The molecular weight excluding hydrogens is 290 g/mol. The Bertz CT molecular complexity index is 847. The van der Waals surface area contributed by atoms with Crippen LogP contribution in [0.15, 0.2) is 42.6 Å². The maximum Gasteiger partial charge on any atom is 0.152 e. The van der Waals surface area contributed by atoms with Gasteiger partial charge >= 0.3 is 0 Å². The highest BCUT2D eigenvalue weighted by atomic mass is 16.5. The third kappa shape index (κ3) is 2.80. The Hall–Kier alpha value is -2.75. The Morgan fingerprint density at radius 3 is 2.43 bits per heavy atom. The molecule has 1 heterocycles. The maximum absolute atomic E-state index is 11.5. The number of methoxy groups -OCH3 is 2. The molecule has 0 unspecified atom stereocenters. The number of nitrogens with zero attached hydrogens (tertiary/aromatic N) is 1. The van der Waals surface area contributed by atoms with Crippen molar-refractivity contribution >= 4 is 17.2 Å². The second-order valence-corrected chi connectivity index (χ2v) is 5.54. The molecule has 0 radical (unpaired) electrons. The molecule has 2 aromatic carbocycles. The van der Waals surface area contributed by atoms with E-state index in [-0.39, 0.29) is 0 Å². The summed E-state index contributed by atoms with van der Waals surface area (Å²) in [5, 5.41) is 0.815. The standard InChI is InChI=1S/C19H19NO3/c1-13-4-6-14(7-5-13)10-20-11-15(12-21)19-17(20)8-16(22-2)9-18(19)23-3/h4-9,11-12H,10H2,1-3H3. The van der Waals surface area contributed by atoms with Crippen molar-refractivity contribution in [3.63, 3.8) is 0 Å². The minimum atomic E-state index is 0.617. The van der Waals surface area contributed by atoms with Crippen molar-refractivity contribution in [2.75, 3.05) is 14.2 Å². The minimum Gasteiger partial charge on any atom is -0.497 e. The molecule has 0 aliphatic carbocycles. The van der Waals surface area contributed by atoms with E-state index < -0.39 is 0 Å². The predicted octanol–water partition coefficient (Wildman–Crippen LogP) is 3.83. The summed E-state index contributed by atoms with van der Waals surface area (Å²) in [7, 11) is 3.22. The van der Waals surface area contributed by atoms with Crippen LogP contribution in [-0.4, -0.2) is 25.1 Å². The molecule has 0 amide bonds. The zero-order chi connectivity index (χ0) is 16.4. The molecule has 0 aliphatic heterocycles. The molecule has 0 N–H and O–H groups in total. The molecule has 3 aromatic rings. The highest BCUT2D eigenvalue weighted by Gasteiger charge is 2.15. The first-order valence-corrected chi connectivity index (χ1v) is 7.42. The number of hydrogen-bond acceptors (Lipinski definition) is 3. The van der Waals surface area contributed by atoms with E-state index in [1.165, 1.54) is 11.1 Å². The largest absolute Gasteiger partial charge is 0.497 e. The van der Waals surface area contributed by atoms with Crippen LogP contribution in [-0.2, 0) is 6.54 Å². The number of rotatable bonds is 5. The molecule has 0 bridgehead atoms. The number of hydrogen-bond donors (Lipinski definition) is 0. The van der Waals surface area contributed by atoms with Gasteiger partial charge in [0.2, 0.25) is 0 Å². The van der Waals surface area contributed by atoms with Crippen molar-refractivity contribution in [1.29, 1.82) is 0 Å². The van der Waals surface area contributed by atoms with Gasteiger partial charge in [0.15, 0.2) is 6.29 Å². The van der Waals surface area contributed by atoms with Crippen molar-refractivity contribution in [1.82, 2.24) is 4.57 Å². The highest BCUT2D eigenvalue weighted by Crippen LogP contribution is 2.34. The zero-order valence-electron chi connectivity index (χ0n) is 13.5. The maximum atomic E-state index is 11.5. The SMILES string of the molecule is COc1cc(OC)c2c(C=O)cn(Cc3ccc(C)cc3)c2c1. The molecule has 23 heavy (non-hydrogen) atoms. The Morgan fingerprint density at radius 1 is 1.09 bits per heavy atom. The predicted molar refractivity (Wildman–Crippen MR) is 90.7 cm³/mol. The summed E-state index contributed by atoms with van der Waals surface area (Å²) < 4.78 is 12.8. The summed E-state index contributed by atoms with van der Waals surface area (Å²) in [4.78, 5) is 11.5. The highest BCUT2D eigenvalue weighted by molar-refractivity contribution is 6.02. The van der Waals surface area contributed by atoms with Gasteiger partial charge in [0.1, 0.15) is 11.5 Å². The molecule has 4 nitrogen and oxygen atoms in total. The minimum absolute atomic E-state index is 0.617. The number of benzene rings is 2. The lowest BCUT2D eigenvalue weighted by atomic mass is 10.1. The number of carbonyl (C=O) groups is 1. The summed E-state index contributed by atoms with van der Waals surface area (Å²) in [6.45, 7) is 2.75. The normalized spacial score (nSPS) is 10.7. The van der Waals surface area contributed by atoms with E-state index in [1.54, 1.807) is 20.3 Å². The van der Waals surface area contributed by atoms with Crippen LogP contribution in [0.5, 0.6) is 11.5 Å². The fourth-order valence-electron chi connectivity index (χ4n) is 2.78. The van der Waals surface area contributed by atoms with Gasteiger partial charge in [0.05, 0.1) is 25.1 Å². The van der Waals surface area contributed by atoms with Crippen molar-refractivity contribution in [3.05, 3.63) is 59.3 Å². The van der Waals surface area contributed by atoms with Crippen molar-refractivity contribution in [2.24, 2.45) is 0 Å². The van der Waals surface area contributed by atoms with E-state index >= 15 is 0 Å². The van der Waals surface area contributed by atoms with E-state index in [0.717, 1.165) is 17.2 Å². The van der Waals surface area contributed by atoms with E-state index in [9.17, 15) is 4.79 Å². The van der Waals surface area contributed by atoms with Crippen molar-refractivity contribution in [2.45, 2.75) is 13.5 Å². The van der Waals surface area contributed by atoms with Crippen LogP contribution in [0.4, 0.5) is 0 Å². The van der Waals surface area contributed by atoms with Crippen LogP contribution < -0.4 is 9.47 Å². The van der Waals surface area contributed by atoms with Gasteiger partial charge in [-0.3, -0.25) is 4.79 Å². The fourth-order valence-corrected chi connectivity index (χ4v) is 2.78. The first kappa shape index (κ1) is 15.2. The summed E-state index contributed by atoms with van der Waals surface area (Å²) >= 11 is 0. The van der Waals surface area contributed by atoms with Gasteiger partial charge < -0.3 is 14.0 Å². The monoisotopic (exact) mass is 309 g/mol. The molecule has 0 saturated carbocycles. The molecule has 0 fully saturated rings. The van der Waals surface area contributed by atoms with E-state index in [2.05, 4.69) is 35.8 Å². The number of ether oxygens (including phenoxy) is 2. The first-order valence-electron chi connectivity index (χ1n) is 7.42. The average molecular weight is 309 g/mol. The lowest BCUT2D eigenvalue weighted by Gasteiger charge is -2.10. The van der Waals surface area contributed by atoms with Crippen LogP contribution in [0.25, 0.3) is 10.9 Å². The molecule has 0 aliphatic rings. The number of aryl methyl sites for hydroxylation is 1. The van der Waals surface area contributed by atoms with Gasteiger partial charge in [0.25, 0.3) is 0 Å². The molecular formula is C19H19NO3. The second-order valence-electron chi connectivity index (χ2n) is 5.54. The lowest BCUT2D eigenvalue weighted by molar-refractivity contribution is 0.112. The van der Waals surface area contributed by atoms with Crippen LogP contribution in [0.3, 0.4) is 0 Å². The molecule has 0 spiro atoms. The smallest absolute Gasteiger partial charge is 0.152 e. The molecule has 118 valence electrons. The number of aldehydes is 1. The van der Waals surface area contributed by atoms with Crippen LogP contribution >= 0.6 is 0 Å². The fraction of sp³-hybridized carbons (Fsp3) is 0.211. The van der Waals surface area contributed by atoms with Gasteiger partial charge in [-0.15, -0.1) is 0 Å². The summed E-state index contributed by atoms with van der Waals surface area (Å²) in [5.41, 5.74) is 3.94. The summed E-state index contributed by atoms with van der Waals surface area (Å²) in [6, 6.07) is 12.1. The lowest BCUT2D eigenvalue weighted by Crippen LogP contribution is -1.98. The number of fused-ring (bicyclic) bond motifs is 1. The molecule has 3 rings (SSSR count). The Balaban J connectivity index is 2.16. The summed E-state index contributed by atoms with van der Waals surface area (Å²) in [5.74, 6) is 1.35. The van der Waals surface area contributed by atoms with E-state index in [0.29, 0.717) is 23.6 Å². The Labute approximate surface area is 135 Å². The van der Waals surface area contributed by atoms with Crippen molar-refractivity contribution in [3.8, 4) is 11.5 Å². The summed E-state index contributed by atoms with van der Waals surface area (Å²) in [6.07, 6.45) is 2.72. The Kier molecular flexibility index (Phi) is 4.06. The Morgan fingerprint density at radius 2 is 1.83 bits per heavy atom. The molecule has 1 aromatic heterocycles. The zero-order valence-corrected chi connectivity index (χ0v) is 13.5. The average Bonchev–Trinajstić information content (AvgIpc) is 2.93. The topological polar surface area (TPSA) is 40.5 Å². The van der Waals surface area contributed by atoms with Gasteiger partial charge in [-0.05, 0) is 12.5 Å². The van der Waals surface area contributed by atoms with E-state index in [4.69, 9.17) is 9.47 Å². The van der Waals surface area contributed by atoms with Crippen LogP contribution in [0, 0.1) is 6.92 Å². The molecule has 0 atom stereocenters. The second kappa shape index (κ2) is 6.16. The quantitative estimate of drug-likeness (QED) is 0.673. The molecule has 0 saturated heterocycles. The van der Waals surface area contributed by atoms with Gasteiger partial charge in [-0.2, -0.15) is 0 Å². The third-order valence-electron chi connectivity index (χ3n) is 4.00. The molecule has 4 heteroatoms. The van der Waals surface area contributed by atoms with Gasteiger partial charge in [-0.25, -0.2) is 0 Å². The third-order valence-corrected chi connectivity index (χ3v) is 4.00. The van der Waals surface area contributed by atoms with Gasteiger partial charge in [0, 0.05) is 30.4 Å². The number of carbonyl (C=O) groups excluding carboxylic acids is 1. The first-order chi connectivity index (χ1) is 11.2. The van der Waals surface area contributed by atoms with Gasteiger partial charge in [-0.1, -0.05) is 29.8 Å². The van der Waals surface area contributed by atoms with Crippen LogP contribution in [0.2, 0.25) is 0 Å². The van der Waals surface area contributed by atoms with Crippen LogP contribution in [0.1, 0.15) is 21.5 Å². The number of aromatic nitrogens is 1.